The minimum atomic E-state index is -0.905. The van der Waals surface area contributed by atoms with E-state index in [0.29, 0.717) is 18.4 Å². The summed E-state index contributed by atoms with van der Waals surface area (Å²) in [5.41, 5.74) is 3.37. The molecular weight excluding hydrogens is 500 g/mol. The van der Waals surface area contributed by atoms with Crippen molar-refractivity contribution in [2.24, 2.45) is 17.8 Å². The first-order valence-corrected chi connectivity index (χ1v) is 13.2. The number of nitro benzene ring substituents is 1. The Bertz CT molecular complexity index is 1310. The molecule has 4 rings (SSSR count). The molecule has 4 atom stereocenters. The van der Waals surface area contributed by atoms with Crippen LogP contribution in [0.1, 0.15) is 51.5 Å². The standard InChI is InChI=1S/C30H34N2O7/c1-3-5-19(15-20-8-11-23(34)12-9-20)10-13-26(35)27-18(2)14-24-28(25(27)17-33)30(37)31(29(24)36)21-6-4-7-22(16-21)32(38)39/h4,6-9,11-12,15-16,24-26,28,33-35H,3,5,10,13-14,17H2,1-2H3/b19-15+/t24-,25+,26-,28-/m1/s1. The molecule has 0 unspecified atom stereocenters. The summed E-state index contributed by atoms with van der Waals surface area (Å²) >= 11 is 0. The number of aliphatic hydroxyl groups is 2. The lowest BCUT2D eigenvalue weighted by molar-refractivity contribution is -0.384. The Kier molecular flexibility index (Phi) is 8.62. The Labute approximate surface area is 227 Å². The number of carbonyl (C=O) groups excluding carboxylic acids is 2. The van der Waals surface area contributed by atoms with E-state index in [2.05, 4.69) is 6.92 Å². The number of aromatic hydroxyl groups is 1. The second-order valence-corrected chi connectivity index (χ2v) is 10.3. The normalized spacial score (nSPS) is 22.3. The summed E-state index contributed by atoms with van der Waals surface area (Å²) in [6.07, 6.45) is 4.17. The van der Waals surface area contributed by atoms with Gasteiger partial charge in [0, 0.05) is 18.1 Å². The van der Waals surface area contributed by atoms with Crippen molar-refractivity contribution >= 4 is 29.3 Å². The van der Waals surface area contributed by atoms with Crippen molar-refractivity contribution in [2.45, 2.75) is 52.1 Å². The topological polar surface area (TPSA) is 141 Å². The summed E-state index contributed by atoms with van der Waals surface area (Å²) in [6.45, 7) is 3.50. The molecule has 2 amide bonds. The van der Waals surface area contributed by atoms with E-state index in [1.165, 1.54) is 24.3 Å². The van der Waals surface area contributed by atoms with Gasteiger partial charge in [0.05, 0.1) is 35.2 Å². The van der Waals surface area contributed by atoms with Gasteiger partial charge in [-0.3, -0.25) is 19.7 Å². The number of allylic oxidation sites excluding steroid dienone is 2. The van der Waals surface area contributed by atoms with Gasteiger partial charge < -0.3 is 15.3 Å². The molecule has 39 heavy (non-hydrogen) atoms. The number of carbonyl (C=O) groups is 2. The number of phenolic OH excluding ortho intramolecular Hbond substituents is 1. The van der Waals surface area contributed by atoms with Crippen molar-refractivity contribution in [3.05, 3.63) is 80.9 Å². The Hall–Kier alpha value is -3.82. The summed E-state index contributed by atoms with van der Waals surface area (Å²) in [7, 11) is 0. The Morgan fingerprint density at radius 3 is 2.51 bits per heavy atom. The number of hydrogen-bond acceptors (Lipinski definition) is 7. The number of anilines is 1. The molecule has 2 aromatic rings. The highest BCUT2D eigenvalue weighted by Crippen LogP contribution is 2.47. The molecule has 0 aromatic heterocycles. The number of imide groups is 1. The maximum Gasteiger partial charge on any atom is 0.271 e. The number of nitrogens with zero attached hydrogens (tertiary/aromatic N) is 2. The van der Waals surface area contributed by atoms with Crippen LogP contribution in [0.2, 0.25) is 0 Å². The predicted molar refractivity (Wildman–Crippen MR) is 147 cm³/mol. The van der Waals surface area contributed by atoms with E-state index < -0.39 is 47.2 Å². The van der Waals surface area contributed by atoms with Crippen LogP contribution in [0, 0.1) is 27.9 Å². The highest BCUT2D eigenvalue weighted by Gasteiger charge is 2.55. The van der Waals surface area contributed by atoms with Gasteiger partial charge in [-0.25, -0.2) is 4.90 Å². The van der Waals surface area contributed by atoms with E-state index in [9.17, 15) is 35.0 Å². The van der Waals surface area contributed by atoms with Crippen LogP contribution in [0.3, 0.4) is 0 Å². The zero-order chi connectivity index (χ0) is 28.3. The van der Waals surface area contributed by atoms with Crippen molar-refractivity contribution in [1.82, 2.24) is 0 Å². The van der Waals surface area contributed by atoms with E-state index >= 15 is 0 Å². The third kappa shape index (κ3) is 5.79. The molecule has 206 valence electrons. The fraction of sp³-hybridized carbons (Fsp3) is 0.400. The molecule has 0 radical (unpaired) electrons. The quantitative estimate of drug-likeness (QED) is 0.173. The van der Waals surface area contributed by atoms with E-state index in [1.807, 2.05) is 25.1 Å². The van der Waals surface area contributed by atoms with Gasteiger partial charge in [-0.1, -0.05) is 48.8 Å². The summed E-state index contributed by atoms with van der Waals surface area (Å²) in [5.74, 6) is -3.04. The van der Waals surface area contributed by atoms with Crippen LogP contribution in [0.5, 0.6) is 5.75 Å². The molecule has 2 aromatic carbocycles. The van der Waals surface area contributed by atoms with Crippen molar-refractivity contribution in [1.29, 1.82) is 0 Å². The first kappa shape index (κ1) is 28.2. The highest BCUT2D eigenvalue weighted by atomic mass is 16.6. The fourth-order valence-electron chi connectivity index (χ4n) is 5.99. The van der Waals surface area contributed by atoms with Crippen LogP contribution in [0.25, 0.3) is 6.08 Å². The minimum absolute atomic E-state index is 0.133. The van der Waals surface area contributed by atoms with Gasteiger partial charge in [0.1, 0.15) is 5.75 Å². The van der Waals surface area contributed by atoms with Gasteiger partial charge in [-0.2, -0.15) is 0 Å². The third-order valence-corrected chi connectivity index (χ3v) is 7.76. The Balaban J connectivity index is 1.56. The van der Waals surface area contributed by atoms with Gasteiger partial charge in [0.2, 0.25) is 11.8 Å². The molecule has 9 nitrogen and oxygen atoms in total. The SMILES string of the molecule is CCC/C(=C\c1ccc(O)cc1)CC[C@@H](O)C1=C(C)C[C@H]2C(=O)N(c3cccc([N+](=O)[O-])c3)C(=O)[C@H]2[C@H]1CO. The first-order valence-electron chi connectivity index (χ1n) is 13.2. The summed E-state index contributed by atoms with van der Waals surface area (Å²) in [4.78, 5) is 38.5. The second kappa shape index (κ2) is 11.9. The van der Waals surface area contributed by atoms with Gasteiger partial charge >= 0.3 is 0 Å². The van der Waals surface area contributed by atoms with Crippen LogP contribution in [-0.2, 0) is 9.59 Å². The molecule has 0 bridgehead atoms. The van der Waals surface area contributed by atoms with Crippen LogP contribution in [0.15, 0.2) is 65.3 Å². The number of aliphatic hydroxyl groups excluding tert-OH is 2. The molecule has 9 heteroatoms. The van der Waals surface area contributed by atoms with Crippen molar-refractivity contribution < 1.29 is 29.8 Å². The minimum Gasteiger partial charge on any atom is -0.508 e. The number of rotatable bonds is 10. The number of hydrogen-bond donors (Lipinski definition) is 3. The largest absolute Gasteiger partial charge is 0.508 e. The average Bonchev–Trinajstić information content (AvgIpc) is 3.16. The van der Waals surface area contributed by atoms with Gasteiger partial charge in [0.15, 0.2) is 0 Å². The summed E-state index contributed by atoms with van der Waals surface area (Å²) in [5, 5.41) is 42.5. The number of amides is 2. The number of fused-ring (bicyclic) bond motifs is 1. The monoisotopic (exact) mass is 534 g/mol. The van der Waals surface area contributed by atoms with Crippen molar-refractivity contribution in [2.75, 3.05) is 11.5 Å². The molecule has 0 spiro atoms. The lowest BCUT2D eigenvalue weighted by Gasteiger charge is -2.35. The molecule has 1 heterocycles. The maximum absolute atomic E-state index is 13.5. The van der Waals surface area contributed by atoms with Crippen LogP contribution < -0.4 is 4.90 Å². The maximum atomic E-state index is 13.5. The van der Waals surface area contributed by atoms with Crippen molar-refractivity contribution in [3.63, 3.8) is 0 Å². The van der Waals surface area contributed by atoms with Gasteiger partial charge in [-0.15, -0.1) is 0 Å². The zero-order valence-corrected chi connectivity index (χ0v) is 22.1. The molecule has 2 aliphatic rings. The van der Waals surface area contributed by atoms with Gasteiger partial charge in [-0.05, 0) is 61.9 Å². The lowest BCUT2D eigenvalue weighted by atomic mass is 9.68. The highest BCUT2D eigenvalue weighted by molar-refractivity contribution is 6.22. The summed E-state index contributed by atoms with van der Waals surface area (Å²) < 4.78 is 0. The average molecular weight is 535 g/mol. The van der Waals surface area contributed by atoms with Gasteiger partial charge in [0.25, 0.3) is 5.69 Å². The molecular formula is C30H34N2O7. The van der Waals surface area contributed by atoms with Crippen LogP contribution >= 0.6 is 0 Å². The molecule has 3 N–H and O–H groups in total. The molecule has 1 fully saturated rings. The molecule has 0 saturated carbocycles. The molecule has 1 saturated heterocycles. The number of non-ortho nitro benzene ring substituents is 1. The lowest BCUT2D eigenvalue weighted by Crippen LogP contribution is -2.38. The van der Waals surface area contributed by atoms with E-state index in [1.54, 1.807) is 12.1 Å². The van der Waals surface area contributed by atoms with E-state index in [4.69, 9.17) is 0 Å². The second-order valence-electron chi connectivity index (χ2n) is 10.3. The fourth-order valence-corrected chi connectivity index (χ4v) is 5.99. The number of phenols is 1. The number of benzene rings is 2. The number of nitro groups is 1. The summed E-state index contributed by atoms with van der Waals surface area (Å²) in [6, 6.07) is 12.3. The smallest absolute Gasteiger partial charge is 0.271 e. The molecule has 1 aliphatic carbocycles. The third-order valence-electron chi connectivity index (χ3n) is 7.76. The van der Waals surface area contributed by atoms with E-state index in [-0.39, 0.29) is 23.5 Å². The predicted octanol–water partition coefficient (Wildman–Crippen LogP) is 4.76. The molecule has 1 aliphatic heterocycles. The Morgan fingerprint density at radius 1 is 1.15 bits per heavy atom. The van der Waals surface area contributed by atoms with Crippen LogP contribution in [0.4, 0.5) is 11.4 Å². The first-order chi connectivity index (χ1) is 18.7. The van der Waals surface area contributed by atoms with E-state index in [0.717, 1.165) is 34.5 Å². The zero-order valence-electron chi connectivity index (χ0n) is 22.1. The van der Waals surface area contributed by atoms with Crippen LogP contribution in [-0.4, -0.2) is 44.8 Å². The van der Waals surface area contributed by atoms with Crippen molar-refractivity contribution in [3.8, 4) is 5.75 Å². The Morgan fingerprint density at radius 2 is 1.87 bits per heavy atom.